The molecule has 0 fully saturated rings. The van der Waals surface area contributed by atoms with Crippen LogP contribution in [-0.4, -0.2) is 26.0 Å². The van der Waals surface area contributed by atoms with E-state index in [1.54, 1.807) is 0 Å². The van der Waals surface area contributed by atoms with Crippen LogP contribution in [0.15, 0.2) is 0 Å². The van der Waals surface area contributed by atoms with Gasteiger partial charge in [-0.3, -0.25) is 4.79 Å². The minimum atomic E-state index is 0.0509. The lowest BCUT2D eigenvalue weighted by atomic mass is 10.0. The van der Waals surface area contributed by atoms with Crippen LogP contribution in [0.2, 0.25) is 0 Å². The first-order valence-corrected chi connectivity index (χ1v) is 4.04. The van der Waals surface area contributed by atoms with Crippen LogP contribution in [0, 0.1) is 5.92 Å². The molecule has 0 amide bonds. The van der Waals surface area contributed by atoms with Crippen molar-refractivity contribution >= 4 is 5.78 Å². The molecular weight excluding hydrogens is 140 g/mol. The largest absolute Gasteiger partial charge is 0.304 e. The molecule has 0 aliphatic carbocycles. The first-order valence-electron chi connectivity index (χ1n) is 4.04. The van der Waals surface area contributed by atoms with Crippen molar-refractivity contribution in [2.75, 3.05) is 14.1 Å². The number of ketones is 1. The Morgan fingerprint density at radius 3 is 2.09 bits per heavy atom. The smallest absolute Gasteiger partial charge is 0.138 e. The molecule has 0 radical (unpaired) electrons. The zero-order chi connectivity index (χ0) is 8.85. The minimum Gasteiger partial charge on any atom is -0.304 e. The van der Waals surface area contributed by atoms with Gasteiger partial charge in [-0.1, -0.05) is 13.8 Å². The van der Waals surface area contributed by atoms with E-state index < -0.39 is 0 Å². The maximum atomic E-state index is 11.2. The molecule has 0 heterocycles. The molecule has 0 unspecified atom stereocenters. The summed E-state index contributed by atoms with van der Waals surface area (Å²) in [6.45, 7) is 3.82. The third-order valence-corrected chi connectivity index (χ3v) is 1.98. The Bertz CT molecular complexity index is 121. The highest BCUT2D eigenvalue weighted by molar-refractivity contribution is 5.80. The Labute approximate surface area is 68.6 Å². The molecule has 0 spiro atoms. The summed E-state index contributed by atoms with van der Waals surface area (Å²) in [5.41, 5.74) is 0. The Hall–Kier alpha value is -0.410. The predicted octanol–water partition coefficient (Wildman–Crippen LogP) is 0.366. The van der Waals surface area contributed by atoms with Crippen molar-refractivity contribution in [1.29, 1.82) is 0 Å². The van der Waals surface area contributed by atoms with Crippen LogP contribution in [0.5, 0.6) is 0 Å². The van der Waals surface area contributed by atoms with E-state index in [1.807, 2.05) is 27.9 Å². The molecule has 0 saturated carbocycles. The Balaban J connectivity index is 3.97. The second kappa shape index (κ2) is 5.27. The van der Waals surface area contributed by atoms with Crippen molar-refractivity contribution in [3.05, 3.63) is 0 Å². The summed E-state index contributed by atoms with van der Waals surface area (Å²) in [4.78, 5) is 11.2. The lowest BCUT2D eigenvalue weighted by Gasteiger charge is -2.21. The summed E-state index contributed by atoms with van der Waals surface area (Å²) in [5, 5.41) is 6.07. The molecule has 66 valence electrons. The molecule has 2 N–H and O–H groups in total. The molecule has 0 aromatic heterocycles. The van der Waals surface area contributed by atoms with Crippen molar-refractivity contribution in [1.82, 2.24) is 10.6 Å². The van der Waals surface area contributed by atoms with Gasteiger partial charge < -0.3 is 10.6 Å². The number of nitrogens with one attached hydrogen (secondary N) is 2. The standard InChI is InChI=1S/C8H18N2O/c1-5-7(11)6(2)8(9-3)10-4/h6,8-10H,5H2,1-4H3/t6-/m1/s1. The van der Waals surface area contributed by atoms with Crippen LogP contribution in [0.1, 0.15) is 20.3 Å². The van der Waals surface area contributed by atoms with Crippen molar-refractivity contribution < 1.29 is 4.79 Å². The van der Waals surface area contributed by atoms with Crippen LogP contribution in [-0.2, 0) is 4.79 Å². The fourth-order valence-corrected chi connectivity index (χ4v) is 1.15. The Kier molecular flexibility index (Phi) is 5.07. The van der Waals surface area contributed by atoms with E-state index in [9.17, 15) is 4.79 Å². The first kappa shape index (κ1) is 10.6. The van der Waals surface area contributed by atoms with Gasteiger partial charge in [-0.25, -0.2) is 0 Å². The zero-order valence-corrected chi connectivity index (χ0v) is 7.77. The van der Waals surface area contributed by atoms with E-state index >= 15 is 0 Å². The van der Waals surface area contributed by atoms with Gasteiger partial charge in [-0.05, 0) is 14.1 Å². The molecule has 0 bridgehead atoms. The van der Waals surface area contributed by atoms with Crippen molar-refractivity contribution in [3.63, 3.8) is 0 Å². The predicted molar refractivity (Wildman–Crippen MR) is 46.4 cm³/mol. The molecular formula is C8H18N2O. The second-order valence-corrected chi connectivity index (χ2v) is 2.66. The lowest BCUT2D eigenvalue weighted by molar-refractivity contribution is -0.123. The van der Waals surface area contributed by atoms with Gasteiger partial charge in [0.2, 0.25) is 0 Å². The van der Waals surface area contributed by atoms with Crippen molar-refractivity contribution in [2.45, 2.75) is 26.4 Å². The number of carbonyl (C=O) groups is 1. The van der Waals surface area contributed by atoms with Crippen LogP contribution in [0.3, 0.4) is 0 Å². The minimum absolute atomic E-state index is 0.0509. The van der Waals surface area contributed by atoms with Gasteiger partial charge in [0.1, 0.15) is 5.78 Å². The maximum absolute atomic E-state index is 11.2. The van der Waals surface area contributed by atoms with Gasteiger partial charge >= 0.3 is 0 Å². The molecule has 11 heavy (non-hydrogen) atoms. The van der Waals surface area contributed by atoms with Crippen LogP contribution >= 0.6 is 0 Å². The van der Waals surface area contributed by atoms with Gasteiger partial charge in [0.25, 0.3) is 0 Å². The van der Waals surface area contributed by atoms with Gasteiger partial charge in [0.05, 0.1) is 6.17 Å². The van der Waals surface area contributed by atoms with E-state index in [1.165, 1.54) is 0 Å². The monoisotopic (exact) mass is 158 g/mol. The normalized spacial score (nSPS) is 13.5. The molecule has 0 aliphatic rings. The SMILES string of the molecule is CCC(=O)[C@@H](C)C(NC)NC. The summed E-state index contributed by atoms with van der Waals surface area (Å²) < 4.78 is 0. The zero-order valence-electron chi connectivity index (χ0n) is 7.77. The second-order valence-electron chi connectivity index (χ2n) is 2.66. The average molecular weight is 158 g/mol. The van der Waals surface area contributed by atoms with E-state index in [4.69, 9.17) is 0 Å². The van der Waals surface area contributed by atoms with E-state index in [2.05, 4.69) is 10.6 Å². The van der Waals surface area contributed by atoms with Crippen molar-refractivity contribution in [2.24, 2.45) is 5.92 Å². The number of hydrogen-bond donors (Lipinski definition) is 2. The van der Waals surface area contributed by atoms with Gasteiger partial charge in [-0.15, -0.1) is 0 Å². The van der Waals surface area contributed by atoms with Gasteiger partial charge in [0.15, 0.2) is 0 Å². The third kappa shape index (κ3) is 2.99. The fourth-order valence-electron chi connectivity index (χ4n) is 1.15. The highest BCUT2D eigenvalue weighted by Crippen LogP contribution is 2.03. The number of Topliss-reactive ketones (excluding diaryl/α,β-unsaturated/α-hetero) is 1. The number of carbonyl (C=O) groups excluding carboxylic acids is 1. The maximum Gasteiger partial charge on any atom is 0.138 e. The van der Waals surface area contributed by atoms with Crippen LogP contribution < -0.4 is 10.6 Å². The molecule has 0 saturated heterocycles. The average Bonchev–Trinajstić information content (AvgIpc) is 2.05. The quantitative estimate of drug-likeness (QED) is 0.568. The third-order valence-electron chi connectivity index (χ3n) is 1.98. The first-order chi connectivity index (χ1) is 5.17. The molecule has 1 atom stereocenters. The summed E-state index contributed by atoms with van der Waals surface area (Å²) in [7, 11) is 3.70. The number of rotatable bonds is 5. The molecule has 0 aromatic rings. The summed E-state index contributed by atoms with van der Waals surface area (Å²) in [6.07, 6.45) is 0.712. The fraction of sp³-hybridized carbons (Fsp3) is 0.875. The Morgan fingerprint density at radius 2 is 1.82 bits per heavy atom. The highest BCUT2D eigenvalue weighted by atomic mass is 16.1. The number of hydrogen-bond acceptors (Lipinski definition) is 3. The summed E-state index contributed by atoms with van der Waals surface area (Å²) in [5.74, 6) is 0.341. The molecule has 0 rings (SSSR count). The summed E-state index contributed by atoms with van der Waals surface area (Å²) >= 11 is 0. The highest BCUT2D eigenvalue weighted by Gasteiger charge is 2.18. The van der Waals surface area contributed by atoms with Crippen molar-refractivity contribution in [3.8, 4) is 0 Å². The topological polar surface area (TPSA) is 41.1 Å². The van der Waals surface area contributed by atoms with Gasteiger partial charge in [0, 0.05) is 12.3 Å². The molecule has 0 aliphatic heterocycles. The van der Waals surface area contributed by atoms with E-state index in [-0.39, 0.29) is 12.1 Å². The molecule has 0 aromatic carbocycles. The van der Waals surface area contributed by atoms with Crippen LogP contribution in [0.25, 0.3) is 0 Å². The molecule has 3 nitrogen and oxygen atoms in total. The lowest BCUT2D eigenvalue weighted by Crippen LogP contribution is -2.45. The molecule has 3 heteroatoms. The van der Waals surface area contributed by atoms with Gasteiger partial charge in [-0.2, -0.15) is 0 Å². The van der Waals surface area contributed by atoms with E-state index in [0.29, 0.717) is 12.2 Å². The van der Waals surface area contributed by atoms with Crippen LogP contribution in [0.4, 0.5) is 0 Å². The summed E-state index contributed by atoms with van der Waals surface area (Å²) in [6, 6.07) is 0. The van der Waals surface area contributed by atoms with E-state index in [0.717, 1.165) is 0 Å². The Morgan fingerprint density at radius 1 is 1.36 bits per heavy atom.